The molecule has 0 saturated carbocycles. The Labute approximate surface area is 250 Å². The molecule has 3 heterocycles. The number of amides is 1. The van der Waals surface area contributed by atoms with Gasteiger partial charge in [0.1, 0.15) is 11.3 Å². The van der Waals surface area contributed by atoms with Crippen LogP contribution in [0.4, 0.5) is 26.7 Å². The molecule has 1 aliphatic heterocycles. The molecule has 1 atom stereocenters. The van der Waals surface area contributed by atoms with Crippen LogP contribution in [0.2, 0.25) is 5.02 Å². The van der Waals surface area contributed by atoms with E-state index in [1.807, 2.05) is 0 Å². The van der Waals surface area contributed by atoms with Crippen LogP contribution in [0.15, 0.2) is 23.2 Å². The van der Waals surface area contributed by atoms with Gasteiger partial charge in [-0.1, -0.05) is 11.6 Å². The molecule has 1 aromatic carbocycles. The maximum absolute atomic E-state index is 14.0. The minimum Gasteiger partial charge on any atom is -0.442 e. The fraction of sp³-hybridized carbons (Fsp3) is 0.320. The molecule has 232 valence electrons. The monoisotopic (exact) mass is 668 g/mol. The molecule has 2 aromatic heterocycles. The van der Waals surface area contributed by atoms with E-state index in [0.29, 0.717) is 9.75 Å². The van der Waals surface area contributed by atoms with Crippen LogP contribution in [0, 0.1) is 29.1 Å². The van der Waals surface area contributed by atoms with Crippen molar-refractivity contribution in [2.45, 2.75) is 38.8 Å². The van der Waals surface area contributed by atoms with Gasteiger partial charge in [-0.25, -0.2) is 35.5 Å². The van der Waals surface area contributed by atoms with Crippen molar-refractivity contribution >= 4 is 51.0 Å². The smallest absolute Gasteiger partial charge is 0.437 e. The highest BCUT2D eigenvalue weighted by Gasteiger charge is 2.45. The molecule has 0 aliphatic carbocycles. The van der Waals surface area contributed by atoms with Crippen LogP contribution in [0.5, 0.6) is 5.75 Å². The van der Waals surface area contributed by atoms with Crippen LogP contribution in [0.25, 0.3) is 10.6 Å². The Kier molecular flexibility index (Phi) is 8.31. The summed E-state index contributed by atoms with van der Waals surface area (Å²) in [6, 6.07) is 3.91. The van der Waals surface area contributed by atoms with E-state index in [1.165, 1.54) is 26.1 Å². The zero-order valence-electron chi connectivity index (χ0n) is 22.9. The van der Waals surface area contributed by atoms with Crippen molar-refractivity contribution in [3.63, 3.8) is 0 Å². The molecular formula is C25H22ClF5N4O6S2. The molecule has 3 aromatic rings. The van der Waals surface area contributed by atoms with Crippen LogP contribution < -0.4 is 10.1 Å². The number of carbonyl (C=O) groups is 2. The number of aromatic nitrogens is 1. The van der Waals surface area contributed by atoms with E-state index in [-0.39, 0.29) is 16.7 Å². The van der Waals surface area contributed by atoms with E-state index < -0.39 is 79.5 Å². The van der Waals surface area contributed by atoms with Crippen molar-refractivity contribution in [3.8, 4) is 16.3 Å². The summed E-state index contributed by atoms with van der Waals surface area (Å²) in [6.07, 6.45) is -1.03. The molecule has 18 heteroatoms. The zero-order valence-corrected chi connectivity index (χ0v) is 25.3. The number of esters is 1. The van der Waals surface area contributed by atoms with Crippen molar-refractivity contribution in [3.05, 3.63) is 62.9 Å². The van der Waals surface area contributed by atoms with Gasteiger partial charge in [0.05, 0.1) is 31.8 Å². The number of ether oxygens (including phenoxy) is 2. The van der Waals surface area contributed by atoms with Crippen LogP contribution in [0.3, 0.4) is 0 Å². The average Bonchev–Trinajstić information content (AvgIpc) is 3.53. The number of nitrogens with zero attached hydrogens (tertiary/aromatic N) is 2. The van der Waals surface area contributed by atoms with Gasteiger partial charge >= 0.3 is 12.1 Å². The van der Waals surface area contributed by atoms with Crippen molar-refractivity contribution < 1.29 is 49.4 Å². The second kappa shape index (κ2) is 11.1. The molecule has 1 amide bonds. The number of nitrogens with one attached hydrogen (secondary N) is 2. The maximum atomic E-state index is 14.0. The largest absolute Gasteiger partial charge is 0.442 e. The van der Waals surface area contributed by atoms with Crippen molar-refractivity contribution in [1.82, 2.24) is 14.6 Å². The van der Waals surface area contributed by atoms with E-state index >= 15 is 0 Å². The highest BCUT2D eigenvalue weighted by Crippen LogP contribution is 2.42. The first-order valence-corrected chi connectivity index (χ1v) is 14.8. The minimum atomic E-state index is -4.01. The second-order valence-electron chi connectivity index (χ2n) is 10.5. The summed E-state index contributed by atoms with van der Waals surface area (Å²) >= 11 is 7.48. The third kappa shape index (κ3) is 6.33. The number of thiophene rings is 1. The fourth-order valence-corrected chi connectivity index (χ4v) is 7.11. The van der Waals surface area contributed by atoms with Crippen LogP contribution in [0.1, 0.15) is 43.1 Å². The molecule has 0 spiro atoms. The Morgan fingerprint density at radius 2 is 1.65 bits per heavy atom. The number of benzene rings is 1. The van der Waals surface area contributed by atoms with E-state index in [1.54, 1.807) is 20.8 Å². The minimum absolute atomic E-state index is 0.103. The number of hydrogen-bond donors (Lipinski definition) is 2. The molecular weight excluding hydrogens is 647 g/mol. The van der Waals surface area contributed by atoms with Gasteiger partial charge in [0, 0.05) is 7.05 Å². The first-order valence-electron chi connectivity index (χ1n) is 12.0. The molecule has 0 bridgehead atoms. The van der Waals surface area contributed by atoms with Gasteiger partial charge < -0.3 is 19.8 Å². The van der Waals surface area contributed by atoms with E-state index in [2.05, 4.69) is 20.0 Å². The van der Waals surface area contributed by atoms with Gasteiger partial charge in [-0.15, -0.1) is 16.3 Å². The number of aliphatic imine (C=N–C) groups is 1. The fourth-order valence-electron chi connectivity index (χ4n) is 3.90. The van der Waals surface area contributed by atoms with Crippen LogP contribution >= 0.6 is 22.9 Å². The van der Waals surface area contributed by atoms with Gasteiger partial charge in [-0.2, -0.15) is 8.78 Å². The molecule has 1 fully saturated rings. The molecule has 2 N–H and O–H groups in total. The molecule has 1 saturated heterocycles. The van der Waals surface area contributed by atoms with Crippen LogP contribution in [-0.4, -0.2) is 54.1 Å². The number of aromatic amines is 1. The summed E-state index contributed by atoms with van der Waals surface area (Å²) in [5.74, 6) is -15.7. The number of hydrogen-bond acceptors (Lipinski definition) is 7. The van der Waals surface area contributed by atoms with Gasteiger partial charge in [-0.3, -0.25) is 0 Å². The molecule has 43 heavy (non-hydrogen) atoms. The zero-order chi connectivity index (χ0) is 32.2. The Morgan fingerprint density at radius 1 is 1.07 bits per heavy atom. The summed E-state index contributed by atoms with van der Waals surface area (Å²) in [4.78, 5) is 31.8. The Morgan fingerprint density at radius 3 is 2.23 bits per heavy atom. The predicted octanol–water partition coefficient (Wildman–Crippen LogP) is 5.68. The van der Waals surface area contributed by atoms with Crippen molar-refractivity contribution in [1.29, 1.82) is 0 Å². The van der Waals surface area contributed by atoms with Gasteiger partial charge in [0.2, 0.25) is 50.8 Å². The maximum Gasteiger partial charge on any atom is 0.437 e. The van der Waals surface area contributed by atoms with Gasteiger partial charge in [0.25, 0.3) is 0 Å². The standard InChI is InChI=1S/C25H22ClF5N4O6S2/c1-24(2,3)41-23(37)33-22-34-25(4,9-43(38,39)35(22)5)20-10(26)8-13(42-20)11-6-7-12(32-11)21(36)40-19-17(30)15(28)14(27)16(29)18(19)31/h6-8,32H,9H2,1-5H3,(H,33,34,37)/t25-/m0/s1. The molecule has 4 rings (SSSR count). The lowest BCUT2D eigenvalue weighted by molar-refractivity contribution is 0.0601. The summed E-state index contributed by atoms with van der Waals surface area (Å²) < 4.78 is 105. The van der Waals surface area contributed by atoms with Crippen LogP contribution in [-0.2, 0) is 20.3 Å². The lowest BCUT2D eigenvalue weighted by atomic mass is 10.0. The van der Waals surface area contributed by atoms with Crippen molar-refractivity contribution in [2.75, 3.05) is 12.8 Å². The van der Waals surface area contributed by atoms with E-state index in [0.717, 1.165) is 21.7 Å². The Hall–Kier alpha value is -3.70. The summed E-state index contributed by atoms with van der Waals surface area (Å²) in [5.41, 5.74) is -2.49. The van der Waals surface area contributed by atoms with E-state index in [9.17, 15) is 40.0 Å². The molecule has 1 aliphatic rings. The number of carbonyl (C=O) groups excluding carboxylic acids is 2. The van der Waals surface area contributed by atoms with Gasteiger partial charge in [0.15, 0.2) is 0 Å². The highest BCUT2D eigenvalue weighted by atomic mass is 35.5. The number of guanidine groups is 1. The molecule has 0 unspecified atom stereocenters. The number of rotatable bonds is 4. The Bertz CT molecular complexity index is 1760. The lowest BCUT2D eigenvalue weighted by Gasteiger charge is -2.39. The molecule has 10 nitrogen and oxygen atoms in total. The molecule has 0 radical (unpaired) electrons. The quantitative estimate of drug-likeness (QED) is 0.120. The number of halogens is 6. The summed E-state index contributed by atoms with van der Waals surface area (Å²) in [6.45, 7) is 6.36. The van der Waals surface area contributed by atoms with Crippen molar-refractivity contribution in [2.24, 2.45) is 4.99 Å². The third-order valence-corrected chi connectivity index (χ3v) is 9.68. The SMILES string of the molecule is CN1/C(=N/C(=O)OC(C)(C)C)N[C@](C)(c2sc(-c3ccc(C(=O)Oc4c(F)c(F)c(F)c(F)c4F)[nH]3)cc2Cl)CS1(=O)=O. The third-order valence-electron chi connectivity index (χ3n) is 5.89. The second-order valence-corrected chi connectivity index (χ2v) is 13.9. The number of sulfonamides is 1. The topological polar surface area (TPSA) is 130 Å². The predicted molar refractivity (Wildman–Crippen MR) is 146 cm³/mol. The summed E-state index contributed by atoms with van der Waals surface area (Å²) in [7, 11) is -2.80. The van der Waals surface area contributed by atoms with E-state index in [4.69, 9.17) is 16.3 Å². The average molecular weight is 669 g/mol. The normalized spacial score (nSPS) is 19.3. The van der Waals surface area contributed by atoms with Gasteiger partial charge in [-0.05, 0) is 45.9 Å². The lowest BCUT2D eigenvalue weighted by Crippen LogP contribution is -2.61. The highest BCUT2D eigenvalue weighted by molar-refractivity contribution is 7.89. The first kappa shape index (κ1) is 32.2. The first-order chi connectivity index (χ1) is 19.7. The number of H-pyrrole nitrogens is 1. The summed E-state index contributed by atoms with van der Waals surface area (Å²) in [5, 5.41) is 3.03. The Balaban J connectivity index is 1.63.